The second-order valence-corrected chi connectivity index (χ2v) is 6.70. The molecule has 0 spiro atoms. The van der Waals surface area contributed by atoms with Crippen LogP contribution in [0.15, 0.2) is 54.7 Å². The standard InChI is InChI=1S/C21H23N5O2/c1-14(13-27-2)22-12-21-24-19-8-7-17(11-20(19)25-21)28-16-5-3-15(4-6-16)18-9-10-23-26-18/h3-11,14,22H,12-13H2,1-2H3,(H,23,26)(H,24,25). The summed E-state index contributed by atoms with van der Waals surface area (Å²) in [4.78, 5) is 7.97. The van der Waals surface area contributed by atoms with Crippen molar-refractivity contribution in [3.8, 4) is 22.8 Å². The Balaban J connectivity index is 1.44. The molecule has 7 heteroatoms. The Labute approximate surface area is 163 Å². The SMILES string of the molecule is COCC(C)NCc1nc2cc(Oc3ccc(-c4ccn[nH]4)cc3)ccc2[nH]1. The number of aromatic nitrogens is 4. The van der Waals surface area contributed by atoms with Crippen molar-refractivity contribution in [3.05, 3.63) is 60.6 Å². The smallest absolute Gasteiger partial charge is 0.129 e. The third-order valence-corrected chi connectivity index (χ3v) is 4.44. The van der Waals surface area contributed by atoms with Crippen molar-refractivity contribution in [3.63, 3.8) is 0 Å². The van der Waals surface area contributed by atoms with Crippen LogP contribution in [-0.2, 0) is 11.3 Å². The van der Waals surface area contributed by atoms with Crippen LogP contribution >= 0.6 is 0 Å². The molecule has 0 saturated heterocycles. The van der Waals surface area contributed by atoms with E-state index in [2.05, 4.69) is 32.4 Å². The highest BCUT2D eigenvalue weighted by atomic mass is 16.5. The minimum Gasteiger partial charge on any atom is -0.457 e. The first kappa shape index (κ1) is 18.2. The van der Waals surface area contributed by atoms with Gasteiger partial charge in [0.05, 0.1) is 29.9 Å². The second-order valence-electron chi connectivity index (χ2n) is 6.70. The van der Waals surface area contributed by atoms with E-state index >= 15 is 0 Å². The van der Waals surface area contributed by atoms with Gasteiger partial charge >= 0.3 is 0 Å². The minimum atomic E-state index is 0.266. The molecule has 28 heavy (non-hydrogen) atoms. The molecule has 0 aliphatic carbocycles. The summed E-state index contributed by atoms with van der Waals surface area (Å²) in [6, 6.07) is 16.0. The van der Waals surface area contributed by atoms with Crippen LogP contribution in [0.5, 0.6) is 11.5 Å². The van der Waals surface area contributed by atoms with E-state index in [-0.39, 0.29) is 6.04 Å². The fourth-order valence-corrected chi connectivity index (χ4v) is 3.02. The maximum atomic E-state index is 5.99. The lowest BCUT2D eigenvalue weighted by molar-refractivity contribution is 0.171. The maximum absolute atomic E-state index is 5.99. The first-order valence-electron chi connectivity index (χ1n) is 9.20. The number of aromatic amines is 2. The molecule has 2 aromatic heterocycles. The van der Waals surface area contributed by atoms with E-state index in [9.17, 15) is 0 Å². The van der Waals surface area contributed by atoms with Gasteiger partial charge in [0.1, 0.15) is 17.3 Å². The highest BCUT2D eigenvalue weighted by Gasteiger charge is 2.07. The molecule has 4 rings (SSSR count). The van der Waals surface area contributed by atoms with E-state index in [4.69, 9.17) is 9.47 Å². The number of benzene rings is 2. The molecule has 0 aliphatic heterocycles. The lowest BCUT2D eigenvalue weighted by Crippen LogP contribution is -2.29. The molecule has 2 aromatic carbocycles. The molecular formula is C21H23N5O2. The maximum Gasteiger partial charge on any atom is 0.129 e. The molecule has 0 aliphatic rings. The first-order chi connectivity index (χ1) is 13.7. The van der Waals surface area contributed by atoms with Crippen molar-refractivity contribution < 1.29 is 9.47 Å². The summed E-state index contributed by atoms with van der Waals surface area (Å²) >= 11 is 0. The van der Waals surface area contributed by atoms with E-state index in [1.54, 1.807) is 13.3 Å². The zero-order valence-electron chi connectivity index (χ0n) is 15.9. The summed E-state index contributed by atoms with van der Waals surface area (Å²) in [7, 11) is 1.70. The molecule has 2 heterocycles. The molecule has 1 unspecified atom stereocenters. The molecule has 4 aromatic rings. The Morgan fingerprint density at radius 3 is 2.64 bits per heavy atom. The van der Waals surface area contributed by atoms with E-state index < -0.39 is 0 Å². The fraction of sp³-hybridized carbons (Fsp3) is 0.238. The number of fused-ring (bicyclic) bond motifs is 1. The Morgan fingerprint density at radius 1 is 1.07 bits per heavy atom. The number of ether oxygens (including phenoxy) is 2. The van der Waals surface area contributed by atoms with E-state index in [0.717, 1.165) is 39.6 Å². The summed E-state index contributed by atoms with van der Waals surface area (Å²) in [5.74, 6) is 2.41. The molecule has 3 N–H and O–H groups in total. The summed E-state index contributed by atoms with van der Waals surface area (Å²) in [6.45, 7) is 3.40. The van der Waals surface area contributed by atoms with Crippen molar-refractivity contribution in [2.75, 3.05) is 13.7 Å². The van der Waals surface area contributed by atoms with Crippen LogP contribution in [0.3, 0.4) is 0 Å². The molecule has 0 saturated carbocycles. The Hall–Kier alpha value is -3.16. The van der Waals surface area contributed by atoms with Crippen LogP contribution in [-0.4, -0.2) is 39.9 Å². The zero-order valence-corrected chi connectivity index (χ0v) is 15.9. The van der Waals surface area contributed by atoms with Crippen LogP contribution in [0.4, 0.5) is 0 Å². The van der Waals surface area contributed by atoms with Crippen molar-refractivity contribution in [2.24, 2.45) is 0 Å². The Bertz CT molecular complexity index is 1020. The summed E-state index contributed by atoms with van der Waals surface area (Å²) in [5, 5.41) is 10.3. The molecule has 1 atom stereocenters. The highest BCUT2D eigenvalue weighted by molar-refractivity contribution is 5.77. The number of hydrogen-bond acceptors (Lipinski definition) is 5. The van der Waals surface area contributed by atoms with Crippen molar-refractivity contribution >= 4 is 11.0 Å². The molecule has 7 nitrogen and oxygen atoms in total. The normalized spacial score (nSPS) is 12.4. The number of H-pyrrole nitrogens is 2. The first-order valence-corrected chi connectivity index (χ1v) is 9.20. The monoisotopic (exact) mass is 377 g/mol. The number of nitrogens with zero attached hydrogens (tertiary/aromatic N) is 2. The van der Waals surface area contributed by atoms with Crippen LogP contribution in [0.2, 0.25) is 0 Å². The van der Waals surface area contributed by atoms with Crippen LogP contribution < -0.4 is 10.1 Å². The number of rotatable bonds is 8. The van der Waals surface area contributed by atoms with Gasteiger partial charge in [-0.3, -0.25) is 5.10 Å². The number of methoxy groups -OCH3 is 1. The predicted molar refractivity (Wildman–Crippen MR) is 108 cm³/mol. The van der Waals surface area contributed by atoms with E-state index in [1.807, 2.05) is 48.5 Å². The van der Waals surface area contributed by atoms with Crippen LogP contribution in [0.1, 0.15) is 12.7 Å². The van der Waals surface area contributed by atoms with Gasteiger partial charge in [-0.1, -0.05) is 0 Å². The Morgan fingerprint density at radius 2 is 1.89 bits per heavy atom. The highest BCUT2D eigenvalue weighted by Crippen LogP contribution is 2.27. The van der Waals surface area contributed by atoms with Gasteiger partial charge in [0.15, 0.2) is 0 Å². The summed E-state index contributed by atoms with van der Waals surface area (Å²) < 4.78 is 11.1. The number of imidazole rings is 1. The van der Waals surface area contributed by atoms with E-state index in [0.29, 0.717) is 13.2 Å². The fourth-order valence-electron chi connectivity index (χ4n) is 3.02. The van der Waals surface area contributed by atoms with Gasteiger partial charge in [-0.15, -0.1) is 0 Å². The van der Waals surface area contributed by atoms with Gasteiger partial charge in [-0.2, -0.15) is 5.10 Å². The van der Waals surface area contributed by atoms with Crippen molar-refractivity contribution in [2.45, 2.75) is 19.5 Å². The quantitative estimate of drug-likeness (QED) is 0.434. The third-order valence-electron chi connectivity index (χ3n) is 4.44. The number of nitrogens with one attached hydrogen (secondary N) is 3. The topological polar surface area (TPSA) is 87.8 Å². The van der Waals surface area contributed by atoms with Gasteiger partial charge in [0.2, 0.25) is 0 Å². The Kier molecular flexibility index (Phi) is 5.36. The summed E-state index contributed by atoms with van der Waals surface area (Å²) in [5.41, 5.74) is 3.90. The van der Waals surface area contributed by atoms with Gasteiger partial charge in [-0.25, -0.2) is 4.98 Å². The summed E-state index contributed by atoms with van der Waals surface area (Å²) in [6.07, 6.45) is 1.74. The lowest BCUT2D eigenvalue weighted by atomic mass is 10.1. The molecule has 144 valence electrons. The largest absolute Gasteiger partial charge is 0.457 e. The van der Waals surface area contributed by atoms with E-state index in [1.165, 1.54) is 0 Å². The predicted octanol–water partition coefficient (Wildman–Crippen LogP) is 3.87. The average molecular weight is 377 g/mol. The van der Waals surface area contributed by atoms with Gasteiger partial charge in [-0.05, 0) is 55.0 Å². The van der Waals surface area contributed by atoms with Gasteiger partial charge in [0.25, 0.3) is 0 Å². The number of hydrogen-bond donors (Lipinski definition) is 3. The van der Waals surface area contributed by atoms with Crippen LogP contribution in [0, 0.1) is 0 Å². The minimum absolute atomic E-state index is 0.266. The molecule has 0 bridgehead atoms. The average Bonchev–Trinajstić information content (AvgIpc) is 3.37. The van der Waals surface area contributed by atoms with Crippen molar-refractivity contribution in [1.82, 2.24) is 25.5 Å². The molecule has 0 radical (unpaired) electrons. The molecule has 0 amide bonds. The zero-order chi connectivity index (χ0) is 19.3. The lowest BCUT2D eigenvalue weighted by Gasteiger charge is -2.10. The van der Waals surface area contributed by atoms with Gasteiger partial charge < -0.3 is 19.8 Å². The molecular weight excluding hydrogens is 354 g/mol. The molecule has 0 fully saturated rings. The van der Waals surface area contributed by atoms with Crippen LogP contribution in [0.25, 0.3) is 22.3 Å². The second kappa shape index (κ2) is 8.24. The van der Waals surface area contributed by atoms with Gasteiger partial charge in [0, 0.05) is 25.4 Å². The third kappa shape index (κ3) is 4.21. The van der Waals surface area contributed by atoms with Crippen molar-refractivity contribution in [1.29, 1.82) is 0 Å².